The van der Waals surface area contributed by atoms with Crippen LogP contribution in [0.5, 0.6) is 0 Å². The molecule has 1 aliphatic rings. The highest BCUT2D eigenvalue weighted by atomic mass is 16.1. The van der Waals surface area contributed by atoms with Crippen molar-refractivity contribution in [2.75, 3.05) is 5.32 Å². The molecule has 1 saturated carbocycles. The van der Waals surface area contributed by atoms with Gasteiger partial charge in [-0.1, -0.05) is 0 Å². The second kappa shape index (κ2) is 3.82. The first-order chi connectivity index (χ1) is 7.16. The summed E-state index contributed by atoms with van der Waals surface area (Å²) >= 11 is 0. The number of nitrogens with two attached hydrogens (primary N) is 2. The highest BCUT2D eigenvalue weighted by molar-refractivity contribution is 5.95. The number of aromatic nitrogens is 2. The molecule has 1 aromatic heterocycles. The van der Waals surface area contributed by atoms with E-state index < -0.39 is 5.91 Å². The lowest BCUT2D eigenvalue weighted by molar-refractivity contribution is 0.0996. The Morgan fingerprint density at radius 1 is 1.40 bits per heavy atom. The summed E-state index contributed by atoms with van der Waals surface area (Å²) in [4.78, 5) is 18.9. The highest BCUT2D eigenvalue weighted by Crippen LogP contribution is 2.22. The first-order valence-electron chi connectivity index (χ1n) is 4.79. The van der Waals surface area contributed by atoms with Crippen molar-refractivity contribution in [1.82, 2.24) is 9.97 Å². The van der Waals surface area contributed by atoms with Gasteiger partial charge in [0.1, 0.15) is 0 Å². The second-order valence-electron chi connectivity index (χ2n) is 3.69. The number of amides is 1. The van der Waals surface area contributed by atoms with Crippen molar-refractivity contribution < 1.29 is 4.79 Å². The van der Waals surface area contributed by atoms with E-state index in [0.717, 1.165) is 12.8 Å². The zero-order valence-electron chi connectivity index (χ0n) is 8.18. The van der Waals surface area contributed by atoms with Gasteiger partial charge in [-0.05, 0) is 12.8 Å². The Hall–Kier alpha value is -1.69. The summed E-state index contributed by atoms with van der Waals surface area (Å²) < 4.78 is 0. The third-order valence-electron chi connectivity index (χ3n) is 2.45. The number of hydrogen-bond donors (Lipinski definition) is 3. The van der Waals surface area contributed by atoms with Gasteiger partial charge in [-0.2, -0.15) is 0 Å². The Balaban J connectivity index is 2.10. The van der Waals surface area contributed by atoms with Gasteiger partial charge in [-0.3, -0.25) is 4.79 Å². The van der Waals surface area contributed by atoms with Gasteiger partial charge >= 0.3 is 0 Å². The fraction of sp³-hybridized carbons (Fsp3) is 0.444. The minimum Gasteiger partial charge on any atom is -0.365 e. The van der Waals surface area contributed by atoms with Gasteiger partial charge in [0.15, 0.2) is 11.5 Å². The average molecular weight is 207 g/mol. The zero-order valence-corrected chi connectivity index (χ0v) is 8.18. The quantitative estimate of drug-likeness (QED) is 0.618. The summed E-state index contributed by atoms with van der Waals surface area (Å²) in [5, 5.41) is 3.10. The van der Waals surface area contributed by atoms with Gasteiger partial charge in [-0.15, -0.1) is 0 Å². The van der Waals surface area contributed by atoms with Crippen molar-refractivity contribution in [1.29, 1.82) is 0 Å². The number of carbonyl (C=O) groups is 1. The molecule has 0 saturated heterocycles. The van der Waals surface area contributed by atoms with E-state index in [9.17, 15) is 4.79 Å². The predicted octanol–water partition coefficient (Wildman–Crippen LogP) is -0.523. The molecule has 1 heterocycles. The summed E-state index contributed by atoms with van der Waals surface area (Å²) in [6.07, 6.45) is 4.73. The molecule has 80 valence electrons. The predicted molar refractivity (Wildman–Crippen MR) is 55.2 cm³/mol. The number of hydrogen-bond acceptors (Lipinski definition) is 5. The van der Waals surface area contributed by atoms with Crippen LogP contribution in [0.25, 0.3) is 0 Å². The van der Waals surface area contributed by atoms with Gasteiger partial charge in [0.25, 0.3) is 5.91 Å². The van der Waals surface area contributed by atoms with Crippen LogP contribution in [0.1, 0.15) is 23.3 Å². The monoisotopic (exact) mass is 207 g/mol. The Bertz CT molecular complexity index is 375. The Labute approximate surface area is 87.1 Å². The smallest absolute Gasteiger partial charge is 0.271 e. The summed E-state index contributed by atoms with van der Waals surface area (Å²) in [6, 6.07) is 0.519. The highest BCUT2D eigenvalue weighted by Gasteiger charge is 2.27. The van der Waals surface area contributed by atoms with Crippen molar-refractivity contribution in [2.45, 2.75) is 24.9 Å². The van der Waals surface area contributed by atoms with E-state index in [4.69, 9.17) is 11.5 Å². The van der Waals surface area contributed by atoms with Crippen LogP contribution in [0, 0.1) is 0 Å². The van der Waals surface area contributed by atoms with Gasteiger partial charge in [0, 0.05) is 24.5 Å². The number of nitrogens with one attached hydrogen (secondary N) is 1. The lowest BCUT2D eigenvalue weighted by Gasteiger charge is -2.33. The van der Waals surface area contributed by atoms with Crippen LogP contribution < -0.4 is 16.8 Å². The molecule has 0 aliphatic heterocycles. The molecule has 6 nitrogen and oxygen atoms in total. The van der Waals surface area contributed by atoms with Crippen LogP contribution in [0.3, 0.4) is 0 Å². The number of primary amides is 1. The third kappa shape index (κ3) is 2.04. The van der Waals surface area contributed by atoms with E-state index in [0.29, 0.717) is 5.82 Å². The maximum atomic E-state index is 11.0. The van der Waals surface area contributed by atoms with Crippen LogP contribution in [0.4, 0.5) is 5.82 Å². The van der Waals surface area contributed by atoms with Gasteiger partial charge in [0.05, 0.1) is 0 Å². The van der Waals surface area contributed by atoms with Crippen molar-refractivity contribution >= 4 is 11.7 Å². The van der Waals surface area contributed by atoms with Crippen molar-refractivity contribution in [3.63, 3.8) is 0 Å². The lowest BCUT2D eigenvalue weighted by Crippen LogP contribution is -2.44. The Morgan fingerprint density at radius 3 is 2.67 bits per heavy atom. The average Bonchev–Trinajstić information content (AvgIpc) is 2.16. The lowest BCUT2D eigenvalue weighted by atomic mass is 9.87. The van der Waals surface area contributed by atoms with E-state index in [1.807, 2.05) is 0 Å². The maximum Gasteiger partial charge on any atom is 0.271 e. The van der Waals surface area contributed by atoms with Crippen LogP contribution in [-0.2, 0) is 0 Å². The molecular weight excluding hydrogens is 194 g/mol. The molecule has 15 heavy (non-hydrogen) atoms. The van der Waals surface area contributed by atoms with Crippen LogP contribution in [0.2, 0.25) is 0 Å². The number of carbonyl (C=O) groups excluding carboxylic acids is 1. The number of rotatable bonds is 3. The molecule has 5 N–H and O–H groups in total. The molecule has 1 amide bonds. The molecule has 0 bridgehead atoms. The van der Waals surface area contributed by atoms with Crippen LogP contribution in [0.15, 0.2) is 12.4 Å². The van der Waals surface area contributed by atoms with E-state index in [-0.39, 0.29) is 17.8 Å². The van der Waals surface area contributed by atoms with Crippen molar-refractivity contribution in [3.05, 3.63) is 18.1 Å². The summed E-state index contributed by atoms with van der Waals surface area (Å²) in [5.74, 6) is -0.129. The molecule has 1 fully saturated rings. The van der Waals surface area contributed by atoms with Crippen molar-refractivity contribution in [3.8, 4) is 0 Å². The van der Waals surface area contributed by atoms with Gasteiger partial charge in [0.2, 0.25) is 0 Å². The summed E-state index contributed by atoms with van der Waals surface area (Å²) in [5.41, 5.74) is 11.0. The Kier molecular flexibility index (Phi) is 2.51. The summed E-state index contributed by atoms with van der Waals surface area (Å²) in [7, 11) is 0. The van der Waals surface area contributed by atoms with Crippen molar-refractivity contribution in [2.24, 2.45) is 11.5 Å². The molecule has 0 radical (unpaired) electrons. The molecule has 0 aromatic carbocycles. The van der Waals surface area contributed by atoms with E-state index in [1.54, 1.807) is 0 Å². The van der Waals surface area contributed by atoms with Crippen LogP contribution >= 0.6 is 0 Å². The minimum atomic E-state index is -0.575. The molecule has 0 atom stereocenters. The normalized spacial score (nSPS) is 24.3. The molecule has 6 heteroatoms. The second-order valence-corrected chi connectivity index (χ2v) is 3.69. The largest absolute Gasteiger partial charge is 0.365 e. The SMILES string of the molecule is NC(=O)c1nccnc1NC1CC(N)C1. The number of nitrogens with zero attached hydrogens (tertiary/aromatic N) is 2. The van der Waals surface area contributed by atoms with E-state index in [1.165, 1.54) is 12.4 Å². The number of anilines is 1. The summed E-state index contributed by atoms with van der Waals surface area (Å²) in [6.45, 7) is 0. The third-order valence-corrected chi connectivity index (χ3v) is 2.45. The zero-order chi connectivity index (χ0) is 10.8. The molecule has 1 aromatic rings. The standard InChI is InChI=1S/C9H13N5O/c10-5-3-6(4-5)14-9-7(8(11)15)12-1-2-13-9/h1-2,5-6H,3-4,10H2,(H2,11,15)(H,13,14). The topological polar surface area (TPSA) is 107 Å². The van der Waals surface area contributed by atoms with Gasteiger partial charge < -0.3 is 16.8 Å². The maximum absolute atomic E-state index is 11.0. The van der Waals surface area contributed by atoms with Crippen LogP contribution in [-0.4, -0.2) is 28.0 Å². The fourth-order valence-corrected chi connectivity index (χ4v) is 1.60. The first-order valence-corrected chi connectivity index (χ1v) is 4.79. The molecule has 0 spiro atoms. The minimum absolute atomic E-state index is 0.179. The molecule has 0 unspecified atom stereocenters. The molecule has 1 aliphatic carbocycles. The molecular formula is C9H13N5O. The molecule has 2 rings (SSSR count). The fourth-order valence-electron chi connectivity index (χ4n) is 1.60. The van der Waals surface area contributed by atoms with E-state index in [2.05, 4.69) is 15.3 Å². The Morgan fingerprint density at radius 2 is 2.07 bits per heavy atom. The van der Waals surface area contributed by atoms with Gasteiger partial charge in [-0.25, -0.2) is 9.97 Å². The van der Waals surface area contributed by atoms with E-state index >= 15 is 0 Å². The first kappa shape index (κ1) is 9.85.